The molecule has 1 heterocycles. The SMILES string of the molecule is [2H]C([2H])([2H])c1ccc(-c2cccc3c2oc2c(C#N)c([Si](C)(c4cccc(F)c4)c4cccc(F)c4)ccc23)cc1C([2H])([2H])[2H]. The topological polar surface area (TPSA) is 36.9 Å². The zero-order valence-corrected chi connectivity index (χ0v) is 21.8. The maximum atomic E-state index is 14.6. The van der Waals surface area contributed by atoms with E-state index in [-0.39, 0.29) is 16.7 Å². The predicted molar refractivity (Wildman–Crippen MR) is 157 cm³/mol. The molecule has 0 saturated carbocycles. The van der Waals surface area contributed by atoms with E-state index in [0.717, 1.165) is 0 Å². The van der Waals surface area contributed by atoms with Crippen LogP contribution in [0.15, 0.2) is 101 Å². The van der Waals surface area contributed by atoms with Crippen molar-refractivity contribution in [2.45, 2.75) is 20.3 Å². The van der Waals surface area contributed by atoms with Crippen LogP contribution in [0, 0.1) is 36.7 Å². The molecule has 0 aliphatic rings. The molecule has 0 atom stereocenters. The number of fused-ring (bicyclic) bond motifs is 3. The van der Waals surface area contributed by atoms with Crippen molar-refractivity contribution in [3.8, 4) is 17.2 Å². The van der Waals surface area contributed by atoms with Gasteiger partial charge < -0.3 is 4.42 Å². The summed E-state index contributed by atoms with van der Waals surface area (Å²) in [5.74, 6) is -0.895. The molecular formula is C34H25F2NOSi. The largest absolute Gasteiger partial charge is 0.454 e. The van der Waals surface area contributed by atoms with Crippen LogP contribution in [0.4, 0.5) is 8.78 Å². The number of halogens is 2. The first-order chi connectivity index (χ1) is 21.2. The minimum Gasteiger partial charge on any atom is -0.454 e. The summed E-state index contributed by atoms with van der Waals surface area (Å²) in [5.41, 5.74) is 1.35. The van der Waals surface area contributed by atoms with Crippen LogP contribution in [0.5, 0.6) is 0 Å². The molecule has 190 valence electrons. The lowest BCUT2D eigenvalue weighted by Gasteiger charge is -2.30. The standard InChI is InChI=1S/C34H25F2NOSi/c1-21-13-14-23(17-22(21)2)28-11-6-12-29-30-15-16-32(31(20-37)34(30)38-33(28)29)39(3,26-9-4-7-24(35)18-26)27-10-5-8-25(36)19-27/h4-19H,1-3H3/i1D3,2D3. The molecule has 0 amide bonds. The van der Waals surface area contributed by atoms with E-state index < -0.39 is 33.4 Å². The Morgan fingerprint density at radius 3 is 2.05 bits per heavy atom. The van der Waals surface area contributed by atoms with E-state index in [0.29, 0.717) is 48.6 Å². The smallest absolute Gasteiger partial charge is 0.153 e. The number of nitrogens with zero attached hydrogens (tertiary/aromatic N) is 1. The van der Waals surface area contributed by atoms with Crippen LogP contribution in [0.3, 0.4) is 0 Å². The van der Waals surface area contributed by atoms with E-state index in [1.54, 1.807) is 42.5 Å². The molecule has 0 radical (unpaired) electrons. The summed E-state index contributed by atoms with van der Waals surface area (Å²) in [5, 5.41) is 13.8. The lowest BCUT2D eigenvalue weighted by atomic mass is 9.98. The Balaban J connectivity index is 1.63. The van der Waals surface area contributed by atoms with Gasteiger partial charge in [-0.3, -0.25) is 0 Å². The summed E-state index contributed by atoms with van der Waals surface area (Å²) in [4.78, 5) is 0. The van der Waals surface area contributed by atoms with Gasteiger partial charge >= 0.3 is 0 Å². The summed E-state index contributed by atoms with van der Waals surface area (Å²) in [7, 11) is -3.18. The van der Waals surface area contributed by atoms with Gasteiger partial charge in [0.15, 0.2) is 5.58 Å². The number of benzene rings is 5. The van der Waals surface area contributed by atoms with E-state index in [9.17, 15) is 14.0 Å². The van der Waals surface area contributed by atoms with E-state index in [1.807, 2.05) is 24.7 Å². The fourth-order valence-corrected chi connectivity index (χ4v) is 9.16. The maximum absolute atomic E-state index is 14.6. The number of nitriles is 1. The van der Waals surface area contributed by atoms with E-state index >= 15 is 0 Å². The van der Waals surface area contributed by atoms with Gasteiger partial charge in [-0.05, 0) is 70.2 Å². The lowest BCUT2D eigenvalue weighted by Crippen LogP contribution is -2.65. The molecule has 0 bridgehead atoms. The van der Waals surface area contributed by atoms with Gasteiger partial charge in [0, 0.05) is 24.6 Å². The molecule has 5 aromatic carbocycles. The lowest BCUT2D eigenvalue weighted by molar-refractivity contribution is 0.629. The minimum absolute atomic E-state index is 0.235. The maximum Gasteiger partial charge on any atom is 0.153 e. The number of aryl methyl sites for hydroxylation is 2. The van der Waals surface area contributed by atoms with E-state index in [1.165, 1.54) is 36.4 Å². The van der Waals surface area contributed by atoms with Gasteiger partial charge in [0.1, 0.15) is 31.4 Å². The molecule has 0 saturated heterocycles. The summed E-state index contributed by atoms with van der Waals surface area (Å²) in [6.45, 7) is -3.35. The van der Waals surface area contributed by atoms with Crippen molar-refractivity contribution in [2.24, 2.45) is 0 Å². The first-order valence-corrected chi connectivity index (χ1v) is 14.8. The van der Waals surface area contributed by atoms with Crippen molar-refractivity contribution in [1.29, 1.82) is 5.26 Å². The summed E-state index contributed by atoms with van der Waals surface area (Å²) in [6, 6.07) is 27.8. The molecule has 6 aromatic rings. The molecule has 6 rings (SSSR count). The molecular weight excluding hydrogens is 504 g/mol. The zero-order chi connectivity index (χ0) is 32.3. The highest BCUT2D eigenvalue weighted by molar-refractivity contribution is 7.11. The van der Waals surface area contributed by atoms with Crippen molar-refractivity contribution < 1.29 is 21.4 Å². The first kappa shape index (κ1) is 18.7. The molecule has 0 aliphatic heterocycles. The van der Waals surface area contributed by atoms with Crippen LogP contribution < -0.4 is 15.6 Å². The van der Waals surface area contributed by atoms with Gasteiger partial charge in [-0.15, -0.1) is 0 Å². The number of hydrogen-bond acceptors (Lipinski definition) is 2. The second-order valence-electron chi connectivity index (χ2n) is 9.67. The van der Waals surface area contributed by atoms with Crippen molar-refractivity contribution >= 4 is 45.6 Å². The third kappa shape index (κ3) is 3.96. The highest BCUT2D eigenvalue weighted by Crippen LogP contribution is 2.37. The Morgan fingerprint density at radius 1 is 0.744 bits per heavy atom. The fourth-order valence-electron chi connectivity index (χ4n) is 5.41. The van der Waals surface area contributed by atoms with Gasteiger partial charge in [-0.2, -0.15) is 5.26 Å². The molecule has 5 heteroatoms. The number of rotatable bonds is 4. The van der Waals surface area contributed by atoms with Gasteiger partial charge in [0.25, 0.3) is 0 Å². The van der Waals surface area contributed by atoms with Crippen molar-refractivity contribution in [3.63, 3.8) is 0 Å². The highest BCUT2D eigenvalue weighted by atomic mass is 28.3. The Hall–Kier alpha value is -4.53. The third-order valence-electron chi connectivity index (χ3n) is 7.45. The van der Waals surface area contributed by atoms with E-state index in [4.69, 9.17) is 12.6 Å². The Kier molecular flexibility index (Phi) is 4.47. The molecule has 2 nitrogen and oxygen atoms in total. The molecule has 0 aliphatic carbocycles. The van der Waals surface area contributed by atoms with Crippen molar-refractivity contribution in [1.82, 2.24) is 0 Å². The predicted octanol–water partition coefficient (Wildman–Crippen LogP) is 7.12. The molecule has 0 fully saturated rings. The first-order valence-electron chi connectivity index (χ1n) is 15.3. The average Bonchev–Trinajstić information content (AvgIpc) is 3.38. The molecule has 0 unspecified atom stereocenters. The Labute approximate surface area is 235 Å². The molecule has 39 heavy (non-hydrogen) atoms. The molecule has 0 spiro atoms. The highest BCUT2D eigenvalue weighted by Gasteiger charge is 2.38. The second kappa shape index (κ2) is 9.34. The minimum atomic E-state index is -3.18. The van der Waals surface area contributed by atoms with Crippen LogP contribution >= 0.6 is 0 Å². The third-order valence-corrected chi connectivity index (χ3v) is 11.9. The van der Waals surface area contributed by atoms with Crippen LogP contribution in [0.25, 0.3) is 33.1 Å². The van der Waals surface area contributed by atoms with Gasteiger partial charge in [0.05, 0.1) is 5.56 Å². The summed E-state index contributed by atoms with van der Waals surface area (Å²) >= 11 is 0. The number of para-hydroxylation sites is 1. The van der Waals surface area contributed by atoms with Crippen LogP contribution in [0.1, 0.15) is 24.9 Å². The Morgan fingerprint density at radius 2 is 1.41 bits per heavy atom. The van der Waals surface area contributed by atoms with Gasteiger partial charge in [0.2, 0.25) is 0 Å². The van der Waals surface area contributed by atoms with Gasteiger partial charge in [-0.1, -0.05) is 79.3 Å². The van der Waals surface area contributed by atoms with E-state index in [2.05, 4.69) is 6.07 Å². The fraction of sp³-hybridized carbons (Fsp3) is 0.0882. The normalized spacial score (nSPS) is 14.6. The average molecular weight is 536 g/mol. The van der Waals surface area contributed by atoms with Crippen LogP contribution in [-0.4, -0.2) is 8.07 Å². The van der Waals surface area contributed by atoms with Crippen molar-refractivity contribution in [2.75, 3.05) is 0 Å². The summed E-state index contributed by atoms with van der Waals surface area (Å²) in [6.07, 6.45) is 0. The molecule has 0 N–H and O–H groups in total. The van der Waals surface area contributed by atoms with Gasteiger partial charge in [-0.25, -0.2) is 8.78 Å². The Bertz CT molecular complexity index is 2120. The monoisotopic (exact) mass is 535 g/mol. The van der Waals surface area contributed by atoms with Crippen LogP contribution in [0.2, 0.25) is 6.55 Å². The number of hydrogen-bond donors (Lipinski definition) is 0. The number of furan rings is 1. The second-order valence-corrected chi connectivity index (χ2v) is 13.6. The molecule has 1 aromatic heterocycles. The summed E-state index contributed by atoms with van der Waals surface area (Å²) < 4.78 is 83.1. The quantitative estimate of drug-likeness (QED) is 0.178. The zero-order valence-electron chi connectivity index (χ0n) is 26.8. The van der Waals surface area contributed by atoms with Crippen molar-refractivity contribution in [3.05, 3.63) is 125 Å². The van der Waals surface area contributed by atoms with Crippen LogP contribution in [-0.2, 0) is 0 Å².